The van der Waals surface area contributed by atoms with Gasteiger partial charge in [0.25, 0.3) is 0 Å². The molecular weight excluding hydrogens is 592 g/mol. The van der Waals surface area contributed by atoms with Crippen molar-refractivity contribution >= 4 is 5.97 Å². The monoisotopic (exact) mass is 650 g/mol. The van der Waals surface area contributed by atoms with E-state index in [2.05, 4.69) is 12.2 Å². The minimum atomic E-state index is -2.62. The molecule has 13 heteroatoms. The van der Waals surface area contributed by atoms with Crippen LogP contribution in [0.4, 0.5) is 0 Å². The molecule has 45 heavy (non-hydrogen) atoms. The van der Waals surface area contributed by atoms with Crippen molar-refractivity contribution < 1.29 is 64.6 Å². The molecule has 2 fully saturated rings. The Kier molecular flexibility index (Phi) is 18.5. The van der Waals surface area contributed by atoms with E-state index in [0.717, 1.165) is 70.6 Å². The van der Waals surface area contributed by atoms with E-state index in [1.165, 1.54) is 0 Å². The van der Waals surface area contributed by atoms with Gasteiger partial charge < -0.3 is 59.8 Å². The normalized spacial score (nSPS) is 34.7. The number of ether oxygens (including phenoxy) is 4. The van der Waals surface area contributed by atoms with Crippen LogP contribution < -0.4 is 0 Å². The van der Waals surface area contributed by atoms with Gasteiger partial charge in [-0.3, -0.25) is 4.79 Å². The molecule has 0 bridgehead atoms. The molecule has 2 aliphatic rings. The van der Waals surface area contributed by atoms with Crippen LogP contribution in [0, 0.1) is 0 Å². The molecule has 0 aromatic rings. The zero-order valence-corrected chi connectivity index (χ0v) is 26.9. The average molecular weight is 651 g/mol. The van der Waals surface area contributed by atoms with Crippen molar-refractivity contribution in [3.05, 3.63) is 12.2 Å². The van der Waals surface area contributed by atoms with Crippen LogP contribution in [0.25, 0.3) is 0 Å². The van der Waals surface area contributed by atoms with E-state index in [9.17, 15) is 45.6 Å². The van der Waals surface area contributed by atoms with Gasteiger partial charge in [0.15, 0.2) is 11.9 Å². The molecule has 0 radical (unpaired) electrons. The van der Waals surface area contributed by atoms with Crippen molar-refractivity contribution in [1.29, 1.82) is 0 Å². The first kappa shape index (κ1) is 39.9. The highest BCUT2D eigenvalue weighted by molar-refractivity contribution is 5.69. The maximum Gasteiger partial charge on any atom is 0.305 e. The molecule has 264 valence electrons. The Morgan fingerprint density at radius 3 is 1.93 bits per heavy atom. The van der Waals surface area contributed by atoms with Gasteiger partial charge in [-0.2, -0.15) is 0 Å². The van der Waals surface area contributed by atoms with E-state index in [4.69, 9.17) is 18.9 Å². The number of aliphatic hydroxyl groups excluding tert-OH is 7. The topological polar surface area (TPSA) is 216 Å². The van der Waals surface area contributed by atoms with E-state index < -0.39 is 80.0 Å². The van der Waals surface area contributed by atoms with Crippen molar-refractivity contribution in [1.82, 2.24) is 0 Å². The highest BCUT2D eigenvalue weighted by Crippen LogP contribution is 2.40. The summed E-state index contributed by atoms with van der Waals surface area (Å²) in [6.45, 7) is 2.55. The quantitative estimate of drug-likeness (QED) is 0.0486. The molecule has 8 N–H and O–H groups in total. The summed E-state index contributed by atoms with van der Waals surface area (Å²) < 4.78 is 22.0. The minimum Gasteiger partial charge on any atom is -0.466 e. The summed E-state index contributed by atoms with van der Waals surface area (Å²) >= 11 is 0. The Bertz CT molecular complexity index is 842. The second-order valence-corrected chi connectivity index (χ2v) is 12.3. The van der Waals surface area contributed by atoms with Crippen molar-refractivity contribution in [2.45, 2.75) is 164 Å². The van der Waals surface area contributed by atoms with Crippen molar-refractivity contribution in [3.63, 3.8) is 0 Å². The molecule has 0 aromatic carbocycles. The van der Waals surface area contributed by atoms with Crippen LogP contribution in [0.15, 0.2) is 12.2 Å². The predicted molar refractivity (Wildman–Crippen MR) is 163 cm³/mol. The number of hydrogen-bond donors (Lipinski definition) is 8. The van der Waals surface area contributed by atoms with Gasteiger partial charge in [-0.05, 0) is 52.4 Å². The number of unbranched alkanes of at least 4 members (excludes halogenated alkanes) is 9. The minimum absolute atomic E-state index is 0.112. The maximum absolute atomic E-state index is 11.7. The summed E-state index contributed by atoms with van der Waals surface area (Å²) in [6.07, 6.45) is 0.775. The molecule has 2 aliphatic heterocycles. The molecule has 2 saturated heterocycles. The fourth-order valence-corrected chi connectivity index (χ4v) is 5.90. The lowest BCUT2D eigenvalue weighted by Gasteiger charge is -2.54. The summed E-state index contributed by atoms with van der Waals surface area (Å²) in [5.74, 6) is -0.112. The average Bonchev–Trinajstić information content (AvgIpc) is 3.02. The fraction of sp³-hybridized carbons (Fsp3) is 0.906. The first-order chi connectivity index (χ1) is 21.5. The second-order valence-electron chi connectivity index (χ2n) is 12.3. The summed E-state index contributed by atoms with van der Waals surface area (Å²) in [6, 6.07) is 0. The Morgan fingerprint density at radius 1 is 0.778 bits per heavy atom. The number of allylic oxidation sites excluding steroid dienone is 2. The molecule has 0 spiro atoms. The van der Waals surface area contributed by atoms with Gasteiger partial charge in [-0.15, -0.1) is 0 Å². The second kappa shape index (κ2) is 20.9. The van der Waals surface area contributed by atoms with E-state index in [1.54, 1.807) is 6.92 Å². The third-order valence-corrected chi connectivity index (χ3v) is 8.69. The number of esters is 1. The van der Waals surface area contributed by atoms with Crippen LogP contribution in [-0.4, -0.2) is 133 Å². The van der Waals surface area contributed by atoms with E-state index in [1.807, 2.05) is 6.92 Å². The van der Waals surface area contributed by atoms with Crippen LogP contribution in [0.3, 0.4) is 0 Å². The van der Waals surface area contributed by atoms with E-state index in [0.29, 0.717) is 19.4 Å². The lowest BCUT2D eigenvalue weighted by atomic mass is 9.76. The molecule has 2 heterocycles. The molecule has 0 amide bonds. The summed E-state index contributed by atoms with van der Waals surface area (Å²) in [4.78, 5) is 11.3. The van der Waals surface area contributed by atoms with Crippen LogP contribution >= 0.6 is 0 Å². The molecular formula is C32H58O13. The van der Waals surface area contributed by atoms with Gasteiger partial charge in [-0.25, -0.2) is 0 Å². The van der Waals surface area contributed by atoms with Crippen molar-refractivity contribution in [2.24, 2.45) is 0 Å². The molecule has 11 atom stereocenters. The maximum atomic E-state index is 11.7. The lowest BCUT2D eigenvalue weighted by Crippen LogP contribution is -2.77. The Morgan fingerprint density at radius 2 is 1.33 bits per heavy atom. The molecule has 13 nitrogen and oxygen atoms in total. The highest BCUT2D eigenvalue weighted by Gasteiger charge is 2.64. The molecule has 0 saturated carbocycles. The number of carbonyl (C=O) groups excluding carboxylic acids is 1. The zero-order valence-electron chi connectivity index (χ0n) is 26.9. The number of aliphatic hydroxyl groups is 8. The third kappa shape index (κ3) is 11.8. The lowest BCUT2D eigenvalue weighted by molar-refractivity contribution is -0.391. The SMILES string of the molecule is CCOC(=O)CCCCCCC/C=C\CCCCCCC(C)O[C@@H]1O[C@H](CO)[C@@H](O)[C@H](O)[C@@]1(O)[C@@H]1O[C@H](CO)[C@@H](O)[C@H](O)[C@H]1O. The first-order valence-electron chi connectivity index (χ1n) is 16.6. The molecule has 2 rings (SSSR count). The van der Waals surface area contributed by atoms with Gasteiger partial charge in [0, 0.05) is 6.42 Å². The van der Waals surface area contributed by atoms with Crippen LogP contribution in [-0.2, 0) is 23.7 Å². The van der Waals surface area contributed by atoms with Crippen LogP contribution in [0.2, 0.25) is 0 Å². The van der Waals surface area contributed by atoms with E-state index >= 15 is 0 Å². The van der Waals surface area contributed by atoms with Crippen LogP contribution in [0.1, 0.15) is 97.3 Å². The molecule has 0 aromatic heterocycles. The first-order valence-corrected chi connectivity index (χ1v) is 16.6. The van der Waals surface area contributed by atoms with Gasteiger partial charge in [0.1, 0.15) is 48.8 Å². The number of carbonyl (C=O) groups is 1. The van der Waals surface area contributed by atoms with Gasteiger partial charge in [0.2, 0.25) is 0 Å². The molecule has 0 aliphatic carbocycles. The Hall–Kier alpha value is -1.23. The summed E-state index contributed by atoms with van der Waals surface area (Å²) in [5, 5.41) is 83.3. The standard InChI is InChI=1S/C32H58O13/c1-3-42-24(35)18-16-14-12-10-8-6-4-5-7-9-11-13-15-17-21(2)43-31-32(41,29(40)26(37)23(20-34)45-31)30-28(39)27(38)25(36)22(19-33)44-30/h4-5,21-23,25-31,33-34,36-41H,3,6-20H2,1-2H3/b5-4-/t21?,22-,23-,25-,26-,27+,28-,29+,30-,31-,32-/m1/s1. The third-order valence-electron chi connectivity index (χ3n) is 8.69. The smallest absolute Gasteiger partial charge is 0.305 e. The molecule has 1 unspecified atom stereocenters. The van der Waals surface area contributed by atoms with Crippen LogP contribution in [0.5, 0.6) is 0 Å². The van der Waals surface area contributed by atoms with Crippen molar-refractivity contribution in [3.8, 4) is 0 Å². The van der Waals surface area contributed by atoms with Gasteiger partial charge in [0.05, 0.1) is 25.9 Å². The van der Waals surface area contributed by atoms with Gasteiger partial charge >= 0.3 is 5.97 Å². The largest absolute Gasteiger partial charge is 0.466 e. The summed E-state index contributed by atoms with van der Waals surface area (Å²) in [7, 11) is 0. The zero-order chi connectivity index (χ0) is 33.4. The predicted octanol–water partition coefficient (Wildman–Crippen LogP) is 0.595. The van der Waals surface area contributed by atoms with Gasteiger partial charge in [-0.1, -0.05) is 50.7 Å². The summed E-state index contributed by atoms with van der Waals surface area (Å²) in [5.41, 5.74) is -2.62. The fourth-order valence-electron chi connectivity index (χ4n) is 5.90. The number of hydrogen-bond acceptors (Lipinski definition) is 13. The highest BCUT2D eigenvalue weighted by atomic mass is 16.7. The Balaban J connectivity index is 1.73. The van der Waals surface area contributed by atoms with Crippen molar-refractivity contribution in [2.75, 3.05) is 19.8 Å². The number of rotatable bonds is 21. The van der Waals surface area contributed by atoms with E-state index in [-0.39, 0.29) is 5.97 Å². The Labute approximate surface area is 266 Å².